The van der Waals surface area contributed by atoms with Gasteiger partial charge in [-0.2, -0.15) is 0 Å². The Hall–Kier alpha value is -4.32. The van der Waals surface area contributed by atoms with Crippen LogP contribution in [0.15, 0.2) is 83.0 Å². The minimum absolute atomic E-state index is 0.0930. The molecule has 6 heteroatoms. The van der Waals surface area contributed by atoms with E-state index in [4.69, 9.17) is 18.6 Å². The van der Waals surface area contributed by atoms with Crippen molar-refractivity contribution in [1.29, 1.82) is 0 Å². The Morgan fingerprint density at radius 2 is 1.77 bits per heavy atom. The number of fused-ring (bicyclic) bond motifs is 2. The number of para-hydroxylation sites is 2. The molecule has 0 saturated heterocycles. The van der Waals surface area contributed by atoms with E-state index in [0.29, 0.717) is 22.6 Å². The Balaban J connectivity index is 1.38. The predicted octanol–water partition coefficient (Wildman–Crippen LogP) is 5.28. The maximum Gasteiger partial charge on any atom is 0.379 e. The van der Waals surface area contributed by atoms with Gasteiger partial charge in [0.15, 0.2) is 5.76 Å². The van der Waals surface area contributed by atoms with Gasteiger partial charge in [-0.05, 0) is 36.4 Å². The molecule has 0 fully saturated rings. The number of furan rings is 1. The van der Waals surface area contributed by atoms with Crippen LogP contribution in [0.2, 0.25) is 0 Å². The normalized spacial score (nSPS) is 13.8. The highest BCUT2D eigenvalue weighted by Crippen LogP contribution is 2.36. The molecule has 3 aromatic carbocycles. The van der Waals surface area contributed by atoms with E-state index in [1.807, 2.05) is 36.4 Å². The molecule has 6 nitrogen and oxygen atoms in total. The van der Waals surface area contributed by atoms with Gasteiger partial charge in [-0.3, -0.25) is 4.79 Å². The average molecular weight is 412 g/mol. The van der Waals surface area contributed by atoms with Gasteiger partial charge in [0.05, 0.1) is 12.7 Å². The second-order valence-electron chi connectivity index (χ2n) is 6.88. The van der Waals surface area contributed by atoms with Crippen LogP contribution in [0.25, 0.3) is 17.0 Å². The van der Waals surface area contributed by atoms with E-state index in [2.05, 4.69) is 0 Å². The monoisotopic (exact) mass is 412 g/mol. The van der Waals surface area contributed by atoms with Gasteiger partial charge in [0.25, 0.3) is 0 Å². The Labute approximate surface area is 177 Å². The van der Waals surface area contributed by atoms with Crippen molar-refractivity contribution in [2.75, 3.05) is 7.11 Å². The van der Waals surface area contributed by atoms with E-state index in [0.717, 1.165) is 10.9 Å². The molecular weight excluding hydrogens is 396 g/mol. The number of hydrogen-bond donors (Lipinski definition) is 0. The summed E-state index contributed by atoms with van der Waals surface area (Å²) in [5.41, 5.74) is 1.71. The van der Waals surface area contributed by atoms with Crippen LogP contribution < -0.4 is 14.2 Å². The van der Waals surface area contributed by atoms with Crippen molar-refractivity contribution < 1.29 is 28.2 Å². The molecule has 1 aromatic heterocycles. The summed E-state index contributed by atoms with van der Waals surface area (Å²) in [4.78, 5) is 25.2. The maximum absolute atomic E-state index is 12.7. The van der Waals surface area contributed by atoms with Crippen LogP contribution >= 0.6 is 0 Å². The van der Waals surface area contributed by atoms with Crippen molar-refractivity contribution in [3.63, 3.8) is 0 Å². The van der Waals surface area contributed by atoms with Crippen molar-refractivity contribution in [2.24, 2.45) is 0 Å². The van der Waals surface area contributed by atoms with Gasteiger partial charge in [-0.15, -0.1) is 0 Å². The molecule has 5 rings (SSSR count). The molecular formula is C25H16O6. The van der Waals surface area contributed by atoms with E-state index >= 15 is 0 Å². The summed E-state index contributed by atoms with van der Waals surface area (Å²) in [6.45, 7) is 0. The molecule has 0 spiro atoms. The van der Waals surface area contributed by atoms with E-state index in [1.165, 1.54) is 6.07 Å². The number of ketones is 1. The second-order valence-corrected chi connectivity index (χ2v) is 6.88. The Kier molecular flexibility index (Phi) is 4.52. The molecule has 1 aliphatic rings. The number of hydrogen-bond acceptors (Lipinski definition) is 6. The van der Waals surface area contributed by atoms with Crippen LogP contribution in [0.3, 0.4) is 0 Å². The van der Waals surface area contributed by atoms with Crippen LogP contribution in [0.5, 0.6) is 17.2 Å². The third-order valence-corrected chi connectivity index (χ3v) is 4.90. The second kappa shape index (κ2) is 7.50. The zero-order valence-corrected chi connectivity index (χ0v) is 16.5. The number of carbonyl (C=O) groups excluding carboxylic acids is 2. The van der Waals surface area contributed by atoms with Crippen LogP contribution in [0.4, 0.5) is 0 Å². The van der Waals surface area contributed by atoms with Gasteiger partial charge in [-0.25, -0.2) is 4.79 Å². The van der Waals surface area contributed by atoms with Crippen molar-refractivity contribution in [2.45, 2.75) is 0 Å². The van der Waals surface area contributed by atoms with Crippen molar-refractivity contribution >= 4 is 28.8 Å². The van der Waals surface area contributed by atoms with Crippen LogP contribution in [0, 0.1) is 0 Å². The predicted molar refractivity (Wildman–Crippen MR) is 114 cm³/mol. The Bertz CT molecular complexity index is 1330. The SMILES string of the molecule is COc1ccccc1/C=C1\Oc2cc(OC(=O)c3cc4ccccc4o3)ccc2C1=O. The number of methoxy groups -OCH3 is 1. The van der Waals surface area contributed by atoms with Crippen molar-refractivity contribution in [3.8, 4) is 17.2 Å². The molecule has 0 N–H and O–H groups in total. The number of esters is 1. The molecule has 0 saturated carbocycles. The van der Waals surface area contributed by atoms with Crippen LogP contribution in [-0.4, -0.2) is 18.9 Å². The first-order valence-electron chi connectivity index (χ1n) is 9.54. The van der Waals surface area contributed by atoms with Gasteiger partial charge in [0.1, 0.15) is 22.8 Å². The fraction of sp³-hybridized carbons (Fsp3) is 0.0400. The van der Waals surface area contributed by atoms with Crippen molar-refractivity contribution in [3.05, 3.63) is 95.4 Å². The molecule has 0 atom stereocenters. The lowest BCUT2D eigenvalue weighted by Crippen LogP contribution is -2.07. The molecule has 1 aliphatic heterocycles. The molecule has 152 valence electrons. The summed E-state index contributed by atoms with van der Waals surface area (Å²) in [5.74, 6) is 0.566. The summed E-state index contributed by atoms with van der Waals surface area (Å²) >= 11 is 0. The molecule has 2 heterocycles. The van der Waals surface area contributed by atoms with Crippen LogP contribution in [-0.2, 0) is 0 Å². The van der Waals surface area contributed by atoms with Gasteiger partial charge in [-0.1, -0.05) is 36.4 Å². The summed E-state index contributed by atoms with van der Waals surface area (Å²) < 4.78 is 22.0. The van der Waals surface area contributed by atoms with Gasteiger partial charge >= 0.3 is 5.97 Å². The third kappa shape index (κ3) is 3.44. The summed E-state index contributed by atoms with van der Waals surface area (Å²) in [7, 11) is 1.56. The quantitative estimate of drug-likeness (QED) is 0.258. The number of ether oxygens (including phenoxy) is 3. The third-order valence-electron chi connectivity index (χ3n) is 4.90. The highest BCUT2D eigenvalue weighted by atomic mass is 16.5. The molecule has 0 aliphatic carbocycles. The molecule has 0 radical (unpaired) electrons. The van der Waals surface area contributed by atoms with E-state index < -0.39 is 5.97 Å². The number of benzene rings is 3. The topological polar surface area (TPSA) is 75.0 Å². The van der Waals surface area contributed by atoms with E-state index in [9.17, 15) is 9.59 Å². The first kappa shape index (κ1) is 18.7. The minimum atomic E-state index is -0.634. The minimum Gasteiger partial charge on any atom is -0.496 e. The fourth-order valence-electron chi connectivity index (χ4n) is 3.40. The number of carbonyl (C=O) groups is 2. The molecule has 0 unspecified atom stereocenters. The standard InChI is InChI=1S/C25H16O6/c1-28-19-8-4-2-6-15(19)12-22-24(26)18-11-10-17(14-21(18)31-22)29-25(27)23-13-16-7-3-5-9-20(16)30-23/h2-14H,1H3/b22-12-. The number of rotatable bonds is 4. The smallest absolute Gasteiger partial charge is 0.379 e. The largest absolute Gasteiger partial charge is 0.496 e. The molecule has 4 aromatic rings. The Morgan fingerprint density at radius 1 is 0.968 bits per heavy atom. The number of Topliss-reactive ketones (excluding diaryl/α,β-unsaturated/α-hetero) is 1. The summed E-state index contributed by atoms with van der Waals surface area (Å²) in [6, 6.07) is 20.9. The van der Waals surface area contributed by atoms with Crippen LogP contribution in [0.1, 0.15) is 26.5 Å². The lowest BCUT2D eigenvalue weighted by Gasteiger charge is -2.05. The summed E-state index contributed by atoms with van der Waals surface area (Å²) in [5, 5.41) is 0.809. The molecule has 31 heavy (non-hydrogen) atoms. The first-order valence-corrected chi connectivity index (χ1v) is 9.54. The Morgan fingerprint density at radius 3 is 2.61 bits per heavy atom. The zero-order chi connectivity index (χ0) is 21.4. The first-order chi connectivity index (χ1) is 15.1. The zero-order valence-electron chi connectivity index (χ0n) is 16.5. The lowest BCUT2D eigenvalue weighted by atomic mass is 10.1. The van der Waals surface area contributed by atoms with Gasteiger partial charge in [0.2, 0.25) is 11.5 Å². The molecule has 0 bridgehead atoms. The van der Waals surface area contributed by atoms with Gasteiger partial charge < -0.3 is 18.6 Å². The highest BCUT2D eigenvalue weighted by molar-refractivity contribution is 6.14. The van der Waals surface area contributed by atoms with E-state index in [1.54, 1.807) is 43.5 Å². The van der Waals surface area contributed by atoms with Gasteiger partial charge in [0, 0.05) is 17.0 Å². The van der Waals surface area contributed by atoms with E-state index in [-0.39, 0.29) is 23.1 Å². The fourth-order valence-corrected chi connectivity index (χ4v) is 3.40. The summed E-state index contributed by atoms with van der Waals surface area (Å²) in [6.07, 6.45) is 1.63. The average Bonchev–Trinajstić information content (AvgIpc) is 3.35. The number of allylic oxidation sites excluding steroid dienone is 1. The maximum atomic E-state index is 12.7. The highest BCUT2D eigenvalue weighted by Gasteiger charge is 2.28. The molecule has 0 amide bonds. The lowest BCUT2D eigenvalue weighted by molar-refractivity contribution is 0.0703. The van der Waals surface area contributed by atoms with Crippen molar-refractivity contribution in [1.82, 2.24) is 0 Å².